The molecule has 0 aliphatic rings. The van der Waals surface area contributed by atoms with E-state index >= 15 is 0 Å². The van der Waals surface area contributed by atoms with Gasteiger partial charge in [-0.05, 0) is 36.4 Å². The van der Waals surface area contributed by atoms with E-state index in [1.165, 1.54) is 6.07 Å². The first-order valence-electron chi connectivity index (χ1n) is 9.87. The van der Waals surface area contributed by atoms with Crippen molar-refractivity contribution in [2.45, 2.75) is 13.2 Å². The highest BCUT2D eigenvalue weighted by molar-refractivity contribution is 6.04. The number of H-pyrrole nitrogens is 1. The standard InChI is InChI=1S/C23H20F2N4O4/c1-31-16-7-4-6-15(11-16)26-23(30)27-21-18-12-17(9-10-19(18)28-29-21)32-13-14-5-2-3-8-20(14)33-22(24)25/h2-12,22H,13H2,1H3,(H3,26,27,28,29,30). The molecule has 1 aromatic heterocycles. The zero-order valence-corrected chi connectivity index (χ0v) is 17.5. The maximum atomic E-state index is 12.6. The summed E-state index contributed by atoms with van der Waals surface area (Å²) in [5.41, 5.74) is 1.71. The van der Waals surface area contributed by atoms with Crippen LogP contribution in [0, 0.1) is 0 Å². The zero-order chi connectivity index (χ0) is 23.2. The van der Waals surface area contributed by atoms with Crippen LogP contribution in [0.1, 0.15) is 5.56 Å². The molecule has 0 unspecified atom stereocenters. The molecule has 0 aliphatic carbocycles. The van der Waals surface area contributed by atoms with E-state index in [1.807, 2.05) is 0 Å². The molecule has 2 amide bonds. The molecule has 3 N–H and O–H groups in total. The van der Waals surface area contributed by atoms with Crippen molar-refractivity contribution in [3.05, 3.63) is 72.3 Å². The fourth-order valence-corrected chi connectivity index (χ4v) is 3.14. The van der Waals surface area contributed by atoms with Gasteiger partial charge in [-0.25, -0.2) is 4.79 Å². The average Bonchev–Trinajstić information content (AvgIpc) is 3.20. The van der Waals surface area contributed by atoms with Crippen molar-refractivity contribution >= 4 is 28.4 Å². The number of methoxy groups -OCH3 is 1. The van der Waals surface area contributed by atoms with Crippen LogP contribution in [0.3, 0.4) is 0 Å². The van der Waals surface area contributed by atoms with Crippen LogP contribution < -0.4 is 24.8 Å². The van der Waals surface area contributed by atoms with Crippen molar-refractivity contribution in [3.8, 4) is 17.2 Å². The SMILES string of the molecule is COc1cccc(NC(=O)Nc2n[nH]c3ccc(OCc4ccccc4OC(F)F)cc23)c1. The van der Waals surface area contributed by atoms with E-state index in [4.69, 9.17) is 9.47 Å². The van der Waals surface area contributed by atoms with Crippen LogP contribution in [0.4, 0.5) is 25.1 Å². The second-order valence-electron chi connectivity index (χ2n) is 6.87. The number of hydrogen-bond acceptors (Lipinski definition) is 5. The van der Waals surface area contributed by atoms with Gasteiger partial charge < -0.3 is 19.5 Å². The van der Waals surface area contributed by atoms with Gasteiger partial charge in [0.25, 0.3) is 0 Å². The summed E-state index contributed by atoms with van der Waals surface area (Å²) in [7, 11) is 1.54. The molecule has 33 heavy (non-hydrogen) atoms. The van der Waals surface area contributed by atoms with Gasteiger partial charge in [-0.1, -0.05) is 24.3 Å². The Bertz CT molecular complexity index is 1260. The van der Waals surface area contributed by atoms with E-state index in [1.54, 1.807) is 67.8 Å². The Kier molecular flexibility index (Phi) is 6.53. The van der Waals surface area contributed by atoms with Crippen LogP contribution in [-0.2, 0) is 6.61 Å². The van der Waals surface area contributed by atoms with E-state index in [-0.39, 0.29) is 12.4 Å². The fourth-order valence-electron chi connectivity index (χ4n) is 3.14. The van der Waals surface area contributed by atoms with Crippen LogP contribution in [-0.4, -0.2) is 29.9 Å². The molecule has 0 aliphatic heterocycles. The predicted octanol–water partition coefficient (Wildman–Crippen LogP) is 5.40. The molecule has 0 saturated heterocycles. The maximum absolute atomic E-state index is 12.6. The summed E-state index contributed by atoms with van der Waals surface area (Å²) in [6.07, 6.45) is 0. The van der Waals surface area contributed by atoms with Crippen molar-refractivity contribution in [2.24, 2.45) is 0 Å². The molecule has 4 rings (SSSR count). The predicted molar refractivity (Wildman–Crippen MR) is 119 cm³/mol. The molecular weight excluding hydrogens is 434 g/mol. The number of nitrogens with one attached hydrogen (secondary N) is 3. The Morgan fingerprint density at radius 2 is 1.88 bits per heavy atom. The number of ether oxygens (including phenoxy) is 3. The third kappa shape index (κ3) is 5.48. The van der Waals surface area contributed by atoms with Crippen molar-refractivity contribution in [1.82, 2.24) is 10.2 Å². The second kappa shape index (κ2) is 9.86. The summed E-state index contributed by atoms with van der Waals surface area (Å²) >= 11 is 0. The molecule has 0 saturated carbocycles. The van der Waals surface area contributed by atoms with Gasteiger partial charge in [-0.15, -0.1) is 0 Å². The Hall–Kier alpha value is -4.34. The molecule has 10 heteroatoms. The lowest BCUT2D eigenvalue weighted by Crippen LogP contribution is -2.19. The van der Waals surface area contributed by atoms with Gasteiger partial charge >= 0.3 is 12.6 Å². The minimum atomic E-state index is -2.93. The van der Waals surface area contributed by atoms with E-state index in [0.29, 0.717) is 39.5 Å². The number of alkyl halides is 2. The quantitative estimate of drug-likeness (QED) is 0.331. The smallest absolute Gasteiger partial charge is 0.387 e. The molecule has 8 nitrogen and oxygen atoms in total. The fraction of sp³-hybridized carbons (Fsp3) is 0.130. The lowest BCUT2D eigenvalue weighted by molar-refractivity contribution is -0.0508. The van der Waals surface area contributed by atoms with Gasteiger partial charge in [-0.2, -0.15) is 13.9 Å². The maximum Gasteiger partial charge on any atom is 0.387 e. The molecule has 170 valence electrons. The number of amides is 2. The highest BCUT2D eigenvalue weighted by Gasteiger charge is 2.13. The first kappa shape index (κ1) is 21.9. The minimum absolute atomic E-state index is 0.0192. The third-order valence-corrected chi connectivity index (χ3v) is 4.68. The summed E-state index contributed by atoms with van der Waals surface area (Å²) in [4.78, 5) is 12.4. The molecule has 3 aromatic carbocycles. The molecule has 0 atom stereocenters. The number of carbonyl (C=O) groups is 1. The lowest BCUT2D eigenvalue weighted by atomic mass is 10.2. The minimum Gasteiger partial charge on any atom is -0.497 e. The monoisotopic (exact) mass is 454 g/mol. The number of carbonyl (C=O) groups excluding carboxylic acids is 1. The molecular formula is C23H20F2N4O4. The Morgan fingerprint density at radius 3 is 2.70 bits per heavy atom. The van der Waals surface area contributed by atoms with Crippen LogP contribution in [0.25, 0.3) is 10.9 Å². The van der Waals surface area contributed by atoms with Crippen molar-refractivity contribution < 1.29 is 27.8 Å². The molecule has 1 heterocycles. The summed E-state index contributed by atoms with van der Waals surface area (Å²) < 4.78 is 40.7. The van der Waals surface area contributed by atoms with Gasteiger partial charge in [0.05, 0.1) is 12.6 Å². The molecule has 0 spiro atoms. The van der Waals surface area contributed by atoms with Crippen LogP contribution in [0.5, 0.6) is 17.2 Å². The van der Waals surface area contributed by atoms with Gasteiger partial charge in [0.1, 0.15) is 23.9 Å². The number of urea groups is 1. The van der Waals surface area contributed by atoms with E-state index < -0.39 is 12.6 Å². The van der Waals surface area contributed by atoms with Gasteiger partial charge in [0.2, 0.25) is 0 Å². The summed E-state index contributed by atoms with van der Waals surface area (Å²) in [5, 5.41) is 13.0. The first-order valence-corrected chi connectivity index (χ1v) is 9.87. The van der Waals surface area contributed by atoms with Gasteiger partial charge in [-0.3, -0.25) is 10.4 Å². The Balaban J connectivity index is 1.46. The van der Waals surface area contributed by atoms with E-state index in [0.717, 1.165) is 0 Å². The number of aromatic nitrogens is 2. The highest BCUT2D eigenvalue weighted by Crippen LogP contribution is 2.28. The average molecular weight is 454 g/mol. The third-order valence-electron chi connectivity index (χ3n) is 4.68. The van der Waals surface area contributed by atoms with E-state index in [2.05, 4.69) is 25.6 Å². The number of para-hydroxylation sites is 1. The van der Waals surface area contributed by atoms with E-state index in [9.17, 15) is 13.6 Å². The Labute approximate surface area is 187 Å². The molecule has 0 bridgehead atoms. The second-order valence-corrected chi connectivity index (χ2v) is 6.87. The number of halogens is 2. The summed E-state index contributed by atoms with van der Waals surface area (Å²) in [6.45, 7) is -2.91. The Morgan fingerprint density at radius 1 is 1.03 bits per heavy atom. The number of anilines is 2. The van der Waals surface area contributed by atoms with Crippen molar-refractivity contribution in [2.75, 3.05) is 17.7 Å². The zero-order valence-electron chi connectivity index (χ0n) is 17.5. The molecule has 0 radical (unpaired) electrons. The summed E-state index contributed by atoms with van der Waals surface area (Å²) in [5.74, 6) is 1.43. The number of rotatable bonds is 8. The largest absolute Gasteiger partial charge is 0.497 e. The highest BCUT2D eigenvalue weighted by atomic mass is 19.3. The number of nitrogens with zero attached hydrogens (tertiary/aromatic N) is 1. The number of hydrogen-bond donors (Lipinski definition) is 3. The molecule has 4 aromatic rings. The number of benzene rings is 3. The normalized spacial score (nSPS) is 10.8. The van der Waals surface area contributed by atoms with Crippen molar-refractivity contribution in [1.29, 1.82) is 0 Å². The number of fused-ring (bicyclic) bond motifs is 1. The van der Waals surface area contributed by atoms with Crippen LogP contribution >= 0.6 is 0 Å². The first-order chi connectivity index (χ1) is 16.0. The van der Waals surface area contributed by atoms with Crippen LogP contribution in [0.2, 0.25) is 0 Å². The van der Waals surface area contributed by atoms with Crippen molar-refractivity contribution in [3.63, 3.8) is 0 Å². The topological polar surface area (TPSA) is 97.5 Å². The van der Waals surface area contributed by atoms with Gasteiger partial charge in [0.15, 0.2) is 5.82 Å². The van der Waals surface area contributed by atoms with Crippen LogP contribution in [0.15, 0.2) is 66.7 Å². The number of aromatic amines is 1. The summed E-state index contributed by atoms with van der Waals surface area (Å²) in [6, 6.07) is 18.0. The molecule has 0 fully saturated rings. The lowest BCUT2D eigenvalue weighted by Gasteiger charge is -2.12. The van der Waals surface area contributed by atoms with Gasteiger partial charge in [0, 0.05) is 22.7 Å².